The Morgan fingerprint density at radius 2 is 2.47 bits per heavy atom. The summed E-state index contributed by atoms with van der Waals surface area (Å²) in [6, 6.07) is 1.85. The van der Waals surface area contributed by atoms with Gasteiger partial charge in [0, 0.05) is 18.3 Å². The van der Waals surface area contributed by atoms with Crippen LogP contribution in [0.3, 0.4) is 0 Å². The van der Waals surface area contributed by atoms with Gasteiger partial charge in [0.1, 0.15) is 4.99 Å². The number of nitrogens with zero attached hydrogens (tertiary/aromatic N) is 1. The number of aromatic nitrogens is 1. The summed E-state index contributed by atoms with van der Waals surface area (Å²) in [5.41, 5.74) is 7.46. The minimum Gasteiger partial charge on any atom is -0.389 e. The summed E-state index contributed by atoms with van der Waals surface area (Å²) < 4.78 is 0. The Kier molecular flexibility index (Phi) is 2.86. The Morgan fingerprint density at radius 1 is 1.73 bits per heavy atom. The van der Waals surface area contributed by atoms with Gasteiger partial charge in [-0.05, 0) is 24.3 Å². The van der Waals surface area contributed by atoms with Crippen molar-refractivity contribution in [3.63, 3.8) is 0 Å². The van der Waals surface area contributed by atoms with Gasteiger partial charge in [0.25, 0.3) is 0 Å². The third kappa shape index (κ3) is 2.45. The summed E-state index contributed by atoms with van der Waals surface area (Å²) in [4.78, 5) is 4.49. The van der Waals surface area contributed by atoms with Crippen molar-refractivity contribution in [3.8, 4) is 0 Å². The maximum absolute atomic E-state index is 5.63. The SMILES string of the molecule is CC1CC1CNc1cnccc1C(N)=S. The molecule has 1 aliphatic carbocycles. The molecule has 1 aromatic rings. The molecule has 1 fully saturated rings. The first-order chi connectivity index (χ1) is 7.18. The first-order valence-corrected chi connectivity index (χ1v) is 5.57. The molecule has 15 heavy (non-hydrogen) atoms. The van der Waals surface area contributed by atoms with E-state index in [-0.39, 0.29) is 0 Å². The fraction of sp³-hybridized carbons (Fsp3) is 0.455. The van der Waals surface area contributed by atoms with Crippen LogP contribution in [-0.2, 0) is 0 Å². The van der Waals surface area contributed by atoms with Crippen LogP contribution in [0.2, 0.25) is 0 Å². The normalized spacial score (nSPS) is 23.5. The fourth-order valence-electron chi connectivity index (χ4n) is 1.67. The van der Waals surface area contributed by atoms with Crippen LogP contribution in [0.25, 0.3) is 0 Å². The Bertz CT molecular complexity index is 378. The topological polar surface area (TPSA) is 50.9 Å². The number of nitrogens with one attached hydrogen (secondary N) is 1. The minimum atomic E-state index is 0.420. The van der Waals surface area contributed by atoms with Gasteiger partial charge >= 0.3 is 0 Å². The maximum atomic E-state index is 5.63. The highest BCUT2D eigenvalue weighted by Gasteiger charge is 2.31. The maximum Gasteiger partial charge on any atom is 0.106 e. The molecular weight excluding hydrogens is 206 g/mol. The third-order valence-corrected chi connectivity index (χ3v) is 3.14. The number of thiocarbonyl (C=S) groups is 1. The first-order valence-electron chi connectivity index (χ1n) is 5.16. The molecule has 0 saturated heterocycles. The second kappa shape index (κ2) is 4.14. The lowest BCUT2D eigenvalue weighted by molar-refractivity contribution is 0.786. The molecule has 1 aliphatic rings. The number of pyridine rings is 1. The van der Waals surface area contributed by atoms with Crippen LogP contribution < -0.4 is 11.1 Å². The standard InChI is InChI=1S/C11H15N3S/c1-7-4-8(7)5-14-10-6-13-3-2-9(10)11(12)15/h2-3,6-8,14H,4-5H2,1H3,(H2,12,15). The lowest BCUT2D eigenvalue weighted by Crippen LogP contribution is -2.14. The minimum absolute atomic E-state index is 0.420. The van der Waals surface area contributed by atoms with E-state index in [0.29, 0.717) is 4.99 Å². The van der Waals surface area contributed by atoms with Gasteiger partial charge in [-0.15, -0.1) is 0 Å². The fourth-order valence-corrected chi connectivity index (χ4v) is 1.85. The predicted molar refractivity (Wildman–Crippen MR) is 65.9 cm³/mol. The van der Waals surface area contributed by atoms with Crippen LogP contribution in [0.15, 0.2) is 18.5 Å². The second-order valence-electron chi connectivity index (χ2n) is 4.14. The number of hydrogen-bond acceptors (Lipinski definition) is 3. The lowest BCUT2D eigenvalue weighted by Gasteiger charge is -2.09. The molecule has 3 nitrogen and oxygen atoms in total. The van der Waals surface area contributed by atoms with Gasteiger partial charge in [0.15, 0.2) is 0 Å². The van der Waals surface area contributed by atoms with Crippen molar-refractivity contribution in [1.29, 1.82) is 0 Å². The van der Waals surface area contributed by atoms with E-state index in [9.17, 15) is 0 Å². The lowest BCUT2D eigenvalue weighted by atomic mass is 10.2. The van der Waals surface area contributed by atoms with E-state index < -0.39 is 0 Å². The van der Waals surface area contributed by atoms with Gasteiger partial charge in [-0.3, -0.25) is 4.98 Å². The van der Waals surface area contributed by atoms with Crippen molar-refractivity contribution < 1.29 is 0 Å². The summed E-state index contributed by atoms with van der Waals surface area (Å²) in [7, 11) is 0. The molecule has 4 heteroatoms. The van der Waals surface area contributed by atoms with Gasteiger partial charge in [-0.2, -0.15) is 0 Å². The van der Waals surface area contributed by atoms with Gasteiger partial charge < -0.3 is 11.1 Å². The third-order valence-electron chi connectivity index (χ3n) is 2.92. The van der Waals surface area contributed by atoms with Crippen LogP contribution in [-0.4, -0.2) is 16.5 Å². The van der Waals surface area contributed by atoms with E-state index in [1.165, 1.54) is 6.42 Å². The average Bonchev–Trinajstić information content (AvgIpc) is 2.92. The van der Waals surface area contributed by atoms with Crippen molar-refractivity contribution in [2.45, 2.75) is 13.3 Å². The molecule has 80 valence electrons. The number of anilines is 1. The molecule has 1 saturated carbocycles. The Morgan fingerprint density at radius 3 is 3.07 bits per heavy atom. The molecule has 0 aromatic carbocycles. The Labute approximate surface area is 95.1 Å². The molecule has 0 bridgehead atoms. The number of hydrogen-bond donors (Lipinski definition) is 2. The van der Waals surface area contributed by atoms with E-state index >= 15 is 0 Å². The Balaban J connectivity index is 2.03. The molecule has 1 aromatic heterocycles. The summed E-state index contributed by atoms with van der Waals surface area (Å²) in [6.07, 6.45) is 4.80. The van der Waals surface area contributed by atoms with Crippen LogP contribution in [0.5, 0.6) is 0 Å². The van der Waals surface area contributed by atoms with Crippen molar-refractivity contribution in [2.24, 2.45) is 17.6 Å². The predicted octanol–water partition coefficient (Wildman–Crippen LogP) is 1.78. The van der Waals surface area contributed by atoms with Crippen molar-refractivity contribution >= 4 is 22.9 Å². The summed E-state index contributed by atoms with van der Waals surface area (Å²) >= 11 is 4.98. The molecule has 2 rings (SSSR count). The van der Waals surface area contributed by atoms with Gasteiger partial charge in [-0.25, -0.2) is 0 Å². The van der Waals surface area contributed by atoms with E-state index in [2.05, 4.69) is 17.2 Å². The highest BCUT2D eigenvalue weighted by molar-refractivity contribution is 7.80. The van der Waals surface area contributed by atoms with Crippen LogP contribution >= 0.6 is 12.2 Å². The van der Waals surface area contributed by atoms with Crippen LogP contribution in [0.4, 0.5) is 5.69 Å². The molecule has 0 aliphatic heterocycles. The summed E-state index contributed by atoms with van der Waals surface area (Å²) in [6.45, 7) is 3.26. The molecule has 2 atom stereocenters. The highest BCUT2D eigenvalue weighted by Crippen LogP contribution is 2.37. The van der Waals surface area contributed by atoms with Crippen molar-refractivity contribution in [3.05, 3.63) is 24.0 Å². The second-order valence-corrected chi connectivity index (χ2v) is 4.58. The number of nitrogens with two attached hydrogens (primary N) is 1. The zero-order chi connectivity index (χ0) is 10.8. The molecule has 0 radical (unpaired) electrons. The van der Waals surface area contributed by atoms with E-state index in [1.54, 1.807) is 12.4 Å². The summed E-state index contributed by atoms with van der Waals surface area (Å²) in [5.74, 6) is 1.65. The average molecular weight is 221 g/mol. The van der Waals surface area contributed by atoms with E-state index in [1.807, 2.05) is 6.07 Å². The molecule has 2 unspecified atom stereocenters. The monoisotopic (exact) mass is 221 g/mol. The summed E-state index contributed by atoms with van der Waals surface area (Å²) in [5, 5.41) is 3.36. The van der Waals surface area contributed by atoms with Gasteiger partial charge in [-0.1, -0.05) is 19.1 Å². The Hall–Kier alpha value is -1.16. The highest BCUT2D eigenvalue weighted by atomic mass is 32.1. The largest absolute Gasteiger partial charge is 0.389 e. The zero-order valence-electron chi connectivity index (χ0n) is 8.73. The van der Waals surface area contributed by atoms with Crippen molar-refractivity contribution in [2.75, 3.05) is 11.9 Å². The van der Waals surface area contributed by atoms with Gasteiger partial charge in [0.2, 0.25) is 0 Å². The smallest absolute Gasteiger partial charge is 0.106 e. The zero-order valence-corrected chi connectivity index (χ0v) is 9.55. The molecule has 0 amide bonds. The number of rotatable bonds is 4. The molecule has 0 spiro atoms. The molecular formula is C11H15N3S. The van der Waals surface area contributed by atoms with Crippen molar-refractivity contribution in [1.82, 2.24) is 4.98 Å². The molecule has 1 heterocycles. The quantitative estimate of drug-likeness (QED) is 0.761. The van der Waals surface area contributed by atoms with Crippen LogP contribution in [0.1, 0.15) is 18.9 Å². The van der Waals surface area contributed by atoms with E-state index in [0.717, 1.165) is 29.6 Å². The first kappa shape index (κ1) is 10.4. The van der Waals surface area contributed by atoms with E-state index in [4.69, 9.17) is 18.0 Å². The van der Waals surface area contributed by atoms with Crippen LogP contribution in [0, 0.1) is 11.8 Å². The van der Waals surface area contributed by atoms with Gasteiger partial charge in [0.05, 0.1) is 11.9 Å². The molecule has 3 N–H and O–H groups in total.